The molecule has 2 aromatic carbocycles. The van der Waals surface area contributed by atoms with Gasteiger partial charge in [-0.05, 0) is 136 Å². The standard InChI is InChI=1S/C46H61N3.3ClH.Fe/c1-32-30-43(33(2)47-45-39(35-18-8-4-9-19-35)26-16-27-40(45)36-20-10-5-11-21-36)49-44(31-32)34(3)48-46-41(37-22-12-6-13-23-37)28-17-29-42(46)38-24-14-7-15-25-38;;;;/h16-17,26-31,35-38H,4-15,18-25H2,1-3H3;3*1H;/q;;;;+3/p-3. The number of pyridine rings is 1. The second-order valence-electron chi connectivity index (χ2n) is 16.2. The molecule has 0 spiro atoms. The van der Waals surface area contributed by atoms with Crippen LogP contribution in [0.4, 0.5) is 11.4 Å². The third-order valence-electron chi connectivity index (χ3n) is 12.6. The Kier molecular flexibility index (Phi) is 19.1. The molecule has 1 radical (unpaired) electrons. The first-order chi connectivity index (χ1) is 24.0. The maximum Gasteiger partial charge on any atom is 3.00 e. The summed E-state index contributed by atoms with van der Waals surface area (Å²) < 4.78 is 0. The average molecular weight is 818 g/mol. The molecule has 7 heteroatoms. The number of aliphatic imine (C=N–C) groups is 2. The number of benzene rings is 2. The zero-order valence-corrected chi connectivity index (χ0v) is 35.8. The summed E-state index contributed by atoms with van der Waals surface area (Å²) in [5.41, 5.74) is 13.8. The molecule has 3 aromatic rings. The van der Waals surface area contributed by atoms with Crippen LogP contribution in [0.5, 0.6) is 0 Å². The molecule has 0 saturated heterocycles. The Labute approximate surface area is 350 Å². The zero-order valence-electron chi connectivity index (χ0n) is 32.4. The molecule has 0 unspecified atom stereocenters. The van der Waals surface area contributed by atoms with Crippen molar-refractivity contribution in [2.45, 2.75) is 173 Å². The average Bonchev–Trinajstić information content (AvgIpc) is 3.16. The van der Waals surface area contributed by atoms with Gasteiger partial charge >= 0.3 is 17.1 Å². The molecule has 4 fully saturated rings. The van der Waals surface area contributed by atoms with E-state index in [9.17, 15) is 0 Å². The van der Waals surface area contributed by atoms with Gasteiger partial charge in [0, 0.05) is 0 Å². The van der Waals surface area contributed by atoms with Gasteiger partial charge in [0.25, 0.3) is 0 Å². The summed E-state index contributed by atoms with van der Waals surface area (Å²) in [6.45, 7) is 6.60. The summed E-state index contributed by atoms with van der Waals surface area (Å²) in [6.07, 6.45) is 26.6. The second kappa shape index (κ2) is 22.2. The third kappa shape index (κ3) is 11.2. The molecule has 1 aromatic heterocycles. The van der Waals surface area contributed by atoms with Gasteiger partial charge in [-0.15, -0.1) is 0 Å². The van der Waals surface area contributed by atoms with Crippen molar-refractivity contribution in [3.63, 3.8) is 0 Å². The van der Waals surface area contributed by atoms with E-state index in [2.05, 4.69) is 69.3 Å². The number of aromatic nitrogens is 1. The van der Waals surface area contributed by atoms with E-state index in [-0.39, 0.29) is 54.3 Å². The molecular formula is C46H61Cl3FeN3. The van der Waals surface area contributed by atoms with Crippen LogP contribution in [0.1, 0.15) is 205 Å². The van der Waals surface area contributed by atoms with Crippen molar-refractivity contribution in [3.8, 4) is 0 Å². The van der Waals surface area contributed by atoms with E-state index in [0.717, 1.165) is 22.8 Å². The molecule has 289 valence electrons. The first kappa shape index (κ1) is 45.7. The van der Waals surface area contributed by atoms with Gasteiger partial charge in [0.15, 0.2) is 0 Å². The van der Waals surface area contributed by atoms with Crippen LogP contribution in [-0.4, -0.2) is 16.4 Å². The summed E-state index contributed by atoms with van der Waals surface area (Å²) in [5.74, 6) is 2.51. The van der Waals surface area contributed by atoms with Crippen LogP contribution in [0.25, 0.3) is 0 Å². The molecule has 4 aliphatic carbocycles. The van der Waals surface area contributed by atoms with Gasteiger partial charge in [0.05, 0.1) is 34.2 Å². The van der Waals surface area contributed by atoms with Gasteiger partial charge in [0.1, 0.15) is 0 Å². The fraction of sp³-hybridized carbons (Fsp3) is 0.587. The van der Waals surface area contributed by atoms with Crippen molar-refractivity contribution in [3.05, 3.63) is 87.7 Å². The van der Waals surface area contributed by atoms with Gasteiger partial charge in [-0.3, -0.25) is 9.98 Å². The van der Waals surface area contributed by atoms with Crippen molar-refractivity contribution >= 4 is 22.8 Å². The van der Waals surface area contributed by atoms with Gasteiger partial charge < -0.3 is 37.2 Å². The fourth-order valence-corrected chi connectivity index (χ4v) is 9.88. The van der Waals surface area contributed by atoms with Gasteiger partial charge in [-0.25, -0.2) is 4.98 Å². The van der Waals surface area contributed by atoms with E-state index in [1.165, 1.54) is 168 Å². The predicted molar refractivity (Wildman–Crippen MR) is 209 cm³/mol. The first-order valence-electron chi connectivity index (χ1n) is 20.4. The van der Waals surface area contributed by atoms with E-state index >= 15 is 0 Å². The number of rotatable bonds is 8. The number of para-hydroxylation sites is 2. The summed E-state index contributed by atoms with van der Waals surface area (Å²) >= 11 is 0. The molecule has 0 bridgehead atoms. The summed E-state index contributed by atoms with van der Waals surface area (Å²) in [7, 11) is 0. The van der Waals surface area contributed by atoms with E-state index in [1.807, 2.05) is 0 Å². The van der Waals surface area contributed by atoms with Crippen molar-refractivity contribution in [1.29, 1.82) is 0 Å². The van der Waals surface area contributed by atoms with Crippen LogP contribution in [-0.2, 0) is 17.1 Å². The van der Waals surface area contributed by atoms with E-state index in [1.54, 1.807) is 0 Å². The van der Waals surface area contributed by atoms with Crippen LogP contribution >= 0.6 is 0 Å². The van der Waals surface area contributed by atoms with Crippen molar-refractivity contribution in [2.75, 3.05) is 0 Å². The maximum atomic E-state index is 5.57. The summed E-state index contributed by atoms with van der Waals surface area (Å²) in [5, 5.41) is 0. The Hall–Kier alpha value is -1.68. The zero-order chi connectivity index (χ0) is 33.6. The topological polar surface area (TPSA) is 37.6 Å². The maximum absolute atomic E-state index is 5.57. The summed E-state index contributed by atoms with van der Waals surface area (Å²) in [4.78, 5) is 16.5. The Morgan fingerprint density at radius 3 is 1.00 bits per heavy atom. The van der Waals surface area contributed by atoms with Crippen LogP contribution in [0.15, 0.2) is 58.5 Å². The van der Waals surface area contributed by atoms with Gasteiger partial charge in [0.2, 0.25) is 0 Å². The number of hydrogen-bond donors (Lipinski definition) is 0. The molecule has 0 amide bonds. The Morgan fingerprint density at radius 1 is 0.472 bits per heavy atom. The second-order valence-corrected chi connectivity index (χ2v) is 16.2. The van der Waals surface area contributed by atoms with Gasteiger partial charge in [-0.2, -0.15) is 0 Å². The molecular weight excluding hydrogens is 757 g/mol. The third-order valence-corrected chi connectivity index (χ3v) is 12.6. The molecule has 0 N–H and O–H groups in total. The molecule has 3 nitrogen and oxygen atoms in total. The Balaban J connectivity index is 0.00000189. The molecule has 1 heterocycles. The predicted octanol–water partition coefficient (Wildman–Crippen LogP) is 4.87. The molecule has 7 rings (SSSR count). The van der Waals surface area contributed by atoms with Crippen molar-refractivity contribution < 1.29 is 54.3 Å². The molecule has 0 atom stereocenters. The Morgan fingerprint density at radius 2 is 0.736 bits per heavy atom. The van der Waals surface area contributed by atoms with Crippen LogP contribution < -0.4 is 37.2 Å². The van der Waals surface area contributed by atoms with E-state index < -0.39 is 0 Å². The number of aryl methyl sites for hydroxylation is 1. The monoisotopic (exact) mass is 816 g/mol. The SMILES string of the molecule is CC(=Nc1c(C2CCCCC2)cccc1C1CCCCC1)c1cc(C)cc(C(C)=Nc2c(C3CCCCC3)cccc2C2CCCCC2)n1.[Cl-].[Cl-].[Cl-].[Fe+3]. The molecule has 0 aliphatic heterocycles. The summed E-state index contributed by atoms with van der Waals surface area (Å²) in [6, 6.07) is 18.7. The van der Waals surface area contributed by atoms with Crippen LogP contribution in [0.3, 0.4) is 0 Å². The molecule has 53 heavy (non-hydrogen) atoms. The quantitative estimate of drug-likeness (QED) is 0.237. The van der Waals surface area contributed by atoms with Crippen LogP contribution in [0.2, 0.25) is 0 Å². The van der Waals surface area contributed by atoms with Crippen LogP contribution in [0, 0.1) is 6.92 Å². The Bertz CT molecular complexity index is 1460. The molecule has 4 saturated carbocycles. The van der Waals surface area contributed by atoms with Gasteiger partial charge in [-0.1, -0.05) is 113 Å². The van der Waals surface area contributed by atoms with E-state index in [0.29, 0.717) is 23.7 Å². The van der Waals surface area contributed by atoms with Crippen molar-refractivity contribution in [2.24, 2.45) is 9.98 Å². The van der Waals surface area contributed by atoms with E-state index in [4.69, 9.17) is 15.0 Å². The fourth-order valence-electron chi connectivity index (χ4n) is 9.88. The number of nitrogens with zero attached hydrogens (tertiary/aromatic N) is 3. The normalized spacial score (nSPS) is 19.7. The smallest absolute Gasteiger partial charge is 1.00 e. The minimum absolute atomic E-state index is 0. The number of hydrogen-bond acceptors (Lipinski definition) is 3. The molecule has 4 aliphatic rings. The number of halogens is 3. The first-order valence-corrected chi connectivity index (χ1v) is 20.4. The van der Waals surface area contributed by atoms with Crippen molar-refractivity contribution in [1.82, 2.24) is 4.98 Å². The minimum atomic E-state index is 0. The largest absolute Gasteiger partial charge is 3.00 e. The minimum Gasteiger partial charge on any atom is -1.00 e.